The van der Waals surface area contributed by atoms with Gasteiger partial charge in [-0.25, -0.2) is 18.4 Å². The number of piperidine rings is 1. The van der Waals surface area contributed by atoms with Gasteiger partial charge in [-0.3, -0.25) is 4.79 Å². The normalized spacial score (nSPS) is 14.2. The predicted molar refractivity (Wildman–Crippen MR) is 132 cm³/mol. The number of anilines is 2. The second-order valence-corrected chi connectivity index (χ2v) is 10.4. The van der Waals surface area contributed by atoms with Crippen molar-refractivity contribution in [3.05, 3.63) is 60.3 Å². The second-order valence-electron chi connectivity index (χ2n) is 8.37. The number of benzene rings is 2. The van der Waals surface area contributed by atoms with E-state index in [4.69, 9.17) is 9.84 Å². The summed E-state index contributed by atoms with van der Waals surface area (Å²) in [5.41, 5.74) is 1.65. The molecule has 1 aliphatic heterocycles. The van der Waals surface area contributed by atoms with E-state index in [9.17, 15) is 18.5 Å². The maximum absolute atomic E-state index is 11.6. The van der Waals surface area contributed by atoms with Gasteiger partial charge in [0.2, 0.25) is 5.91 Å². The van der Waals surface area contributed by atoms with E-state index in [1.165, 1.54) is 12.1 Å². The highest BCUT2D eigenvalue weighted by Crippen LogP contribution is 2.28. The quantitative estimate of drug-likeness (QED) is 0.492. The van der Waals surface area contributed by atoms with Crippen LogP contribution in [0.2, 0.25) is 0 Å². The average Bonchev–Trinajstić information content (AvgIpc) is 2.89. The Balaban J connectivity index is 1.46. The lowest BCUT2D eigenvalue weighted by Gasteiger charge is -2.32. The monoisotopic (exact) mass is 507 g/mol. The van der Waals surface area contributed by atoms with Crippen molar-refractivity contribution in [1.82, 2.24) is 14.9 Å². The van der Waals surface area contributed by atoms with Crippen molar-refractivity contribution in [2.24, 2.45) is 0 Å². The molecule has 0 saturated carbocycles. The summed E-state index contributed by atoms with van der Waals surface area (Å²) in [6.45, 7) is 0.489. The smallest absolute Gasteiger partial charge is 0.248 e. The van der Waals surface area contributed by atoms with E-state index in [0.717, 1.165) is 6.26 Å². The lowest BCUT2D eigenvalue weighted by molar-refractivity contribution is -0.135. The van der Waals surface area contributed by atoms with Crippen LogP contribution in [-0.2, 0) is 14.6 Å². The van der Waals surface area contributed by atoms with Crippen molar-refractivity contribution in [2.45, 2.75) is 23.8 Å². The molecule has 0 bridgehead atoms. The highest BCUT2D eigenvalue weighted by molar-refractivity contribution is 7.90. The van der Waals surface area contributed by atoms with Crippen LogP contribution in [0.4, 0.5) is 11.5 Å². The zero-order chi connectivity index (χ0) is 25.7. The minimum atomic E-state index is -3.28. The van der Waals surface area contributed by atoms with E-state index >= 15 is 0 Å². The van der Waals surface area contributed by atoms with Crippen molar-refractivity contribution < 1.29 is 23.1 Å². The number of aromatic nitrogens is 2. The molecule has 11 heteroatoms. The Hall–Kier alpha value is -4.01. The molecule has 0 unspecified atom stereocenters. The van der Waals surface area contributed by atoms with Gasteiger partial charge in [-0.15, -0.1) is 0 Å². The number of sulfone groups is 1. The second kappa shape index (κ2) is 10.7. The van der Waals surface area contributed by atoms with Crippen molar-refractivity contribution >= 4 is 27.2 Å². The first-order valence-corrected chi connectivity index (χ1v) is 13.2. The fourth-order valence-corrected chi connectivity index (χ4v) is 4.49. The zero-order valence-corrected chi connectivity index (χ0v) is 20.4. The average molecular weight is 508 g/mol. The molecule has 186 valence electrons. The summed E-state index contributed by atoms with van der Waals surface area (Å²) in [7, 11) is -3.28. The molecule has 2 aromatic carbocycles. The number of likely N-dealkylation sites (tertiary alicyclic amines) is 1. The van der Waals surface area contributed by atoms with Crippen molar-refractivity contribution in [3.8, 4) is 23.2 Å². The Morgan fingerprint density at radius 2 is 1.92 bits per heavy atom. The molecule has 0 spiro atoms. The number of aliphatic hydroxyl groups excluding tert-OH is 1. The van der Waals surface area contributed by atoms with Crippen LogP contribution in [0.1, 0.15) is 18.4 Å². The van der Waals surface area contributed by atoms with E-state index < -0.39 is 16.4 Å². The van der Waals surface area contributed by atoms with Crippen LogP contribution in [-0.4, -0.2) is 66.4 Å². The predicted octanol–water partition coefficient (Wildman–Crippen LogP) is 2.52. The van der Waals surface area contributed by atoms with E-state index in [1.54, 1.807) is 47.5 Å². The molecule has 10 nitrogen and oxygen atoms in total. The molecule has 4 rings (SSSR count). The molecule has 3 aromatic rings. The van der Waals surface area contributed by atoms with Crippen LogP contribution in [0.25, 0.3) is 11.4 Å². The lowest BCUT2D eigenvalue weighted by Crippen LogP contribution is -2.42. The molecule has 0 atom stereocenters. The van der Waals surface area contributed by atoms with E-state index in [-0.39, 0.29) is 16.9 Å². The van der Waals surface area contributed by atoms with Gasteiger partial charge in [-0.05, 0) is 48.5 Å². The van der Waals surface area contributed by atoms with Gasteiger partial charge in [0, 0.05) is 49.6 Å². The number of ether oxygens (including phenoxy) is 1. The van der Waals surface area contributed by atoms with E-state index in [1.807, 2.05) is 0 Å². The van der Waals surface area contributed by atoms with Gasteiger partial charge in [-0.2, -0.15) is 5.26 Å². The third kappa shape index (κ3) is 5.97. The molecular formula is C25H25N5O5S. The van der Waals surface area contributed by atoms with E-state index in [2.05, 4.69) is 21.4 Å². The number of carbonyl (C=O) groups is 1. The Morgan fingerprint density at radius 1 is 1.19 bits per heavy atom. The molecule has 0 radical (unpaired) electrons. The summed E-state index contributed by atoms with van der Waals surface area (Å²) in [5.74, 6) is 1.08. The minimum absolute atomic E-state index is 0.136. The maximum atomic E-state index is 11.6. The summed E-state index contributed by atoms with van der Waals surface area (Å²) in [5, 5.41) is 21.8. The third-order valence-electron chi connectivity index (χ3n) is 5.79. The largest absolute Gasteiger partial charge is 0.489 e. The van der Waals surface area contributed by atoms with Gasteiger partial charge in [0.15, 0.2) is 15.7 Å². The maximum Gasteiger partial charge on any atom is 0.248 e. The number of hydrogen-bond acceptors (Lipinski definition) is 9. The molecule has 0 aliphatic carbocycles. The minimum Gasteiger partial charge on any atom is -0.489 e. The summed E-state index contributed by atoms with van der Waals surface area (Å²) in [6, 6.07) is 15.4. The number of aliphatic hydroxyl groups is 1. The Morgan fingerprint density at radius 3 is 2.56 bits per heavy atom. The summed E-state index contributed by atoms with van der Waals surface area (Å²) >= 11 is 0. The highest BCUT2D eigenvalue weighted by Gasteiger charge is 2.24. The molecule has 1 amide bonds. The van der Waals surface area contributed by atoms with Gasteiger partial charge < -0.3 is 20.1 Å². The van der Waals surface area contributed by atoms with Crippen LogP contribution >= 0.6 is 0 Å². The molecule has 36 heavy (non-hydrogen) atoms. The van der Waals surface area contributed by atoms with Crippen LogP contribution in [0.3, 0.4) is 0 Å². The summed E-state index contributed by atoms with van der Waals surface area (Å²) in [4.78, 5) is 22.3. The number of rotatable bonds is 7. The van der Waals surface area contributed by atoms with Crippen LogP contribution < -0.4 is 10.1 Å². The van der Waals surface area contributed by atoms with Crippen molar-refractivity contribution in [3.63, 3.8) is 0 Å². The number of nitriles is 1. The number of nitrogens with zero attached hydrogens (tertiary/aromatic N) is 4. The Kier molecular flexibility index (Phi) is 7.47. The lowest BCUT2D eigenvalue weighted by atomic mass is 10.1. The zero-order valence-electron chi connectivity index (χ0n) is 19.6. The van der Waals surface area contributed by atoms with Crippen molar-refractivity contribution in [1.29, 1.82) is 5.26 Å². The number of amides is 1. The van der Waals surface area contributed by atoms with Crippen LogP contribution in [0.5, 0.6) is 5.75 Å². The molecule has 1 saturated heterocycles. The molecule has 1 aliphatic rings. The van der Waals surface area contributed by atoms with Crippen molar-refractivity contribution in [2.75, 3.05) is 31.3 Å². The SMILES string of the molecule is CS(=O)(=O)c1ccc(Nc2ccnc(-c3ccc(OC4CCN(C(=O)CO)CC4)c(C#N)c3)n2)cc1. The van der Waals surface area contributed by atoms with Gasteiger partial charge in [-0.1, -0.05) is 0 Å². The number of nitrogens with one attached hydrogen (secondary N) is 1. The Bertz CT molecular complexity index is 1400. The molecule has 2 N–H and O–H groups in total. The highest BCUT2D eigenvalue weighted by atomic mass is 32.2. The first-order valence-electron chi connectivity index (χ1n) is 11.3. The van der Waals surface area contributed by atoms with Gasteiger partial charge >= 0.3 is 0 Å². The molecular weight excluding hydrogens is 482 g/mol. The molecule has 1 aromatic heterocycles. The van der Waals surface area contributed by atoms with Crippen LogP contribution in [0.15, 0.2) is 59.6 Å². The standard InChI is InChI=1S/C25H25N5O5S/c1-36(33,34)21-5-3-19(4-6-21)28-23-8-11-27-25(29-23)17-2-7-22(18(14-17)15-26)35-20-9-12-30(13-10-20)24(32)16-31/h2-8,11,14,20,31H,9-10,12-13,16H2,1H3,(H,27,28,29). The summed E-state index contributed by atoms with van der Waals surface area (Å²) in [6.07, 6.45) is 3.83. The third-order valence-corrected chi connectivity index (χ3v) is 6.92. The molecule has 2 heterocycles. The number of hydrogen-bond donors (Lipinski definition) is 2. The summed E-state index contributed by atoms with van der Waals surface area (Å²) < 4.78 is 29.3. The first kappa shape index (κ1) is 25.1. The van der Waals surface area contributed by atoms with Gasteiger partial charge in [0.05, 0.1) is 10.5 Å². The fourth-order valence-electron chi connectivity index (χ4n) is 3.86. The molecule has 1 fully saturated rings. The first-order chi connectivity index (χ1) is 17.3. The topological polar surface area (TPSA) is 146 Å². The Labute approximate surface area is 209 Å². The van der Waals surface area contributed by atoms with Gasteiger partial charge in [0.1, 0.15) is 30.3 Å². The van der Waals surface area contributed by atoms with Crippen LogP contribution in [0, 0.1) is 11.3 Å². The fraction of sp³-hybridized carbons (Fsp3) is 0.280. The number of carbonyl (C=O) groups excluding carboxylic acids is 1. The van der Waals surface area contributed by atoms with Gasteiger partial charge in [0.25, 0.3) is 0 Å². The van der Waals surface area contributed by atoms with E-state index in [0.29, 0.717) is 60.1 Å².